The summed E-state index contributed by atoms with van der Waals surface area (Å²) in [4.78, 5) is 14.7. The molecular formula is C15H28N2O. The number of amides is 1. The number of nitrogens with zero attached hydrogens (tertiary/aromatic N) is 1. The fourth-order valence-electron chi connectivity index (χ4n) is 3.22. The van der Waals surface area contributed by atoms with Crippen LogP contribution in [0.3, 0.4) is 0 Å². The molecule has 1 heterocycles. The first-order valence-electron chi connectivity index (χ1n) is 7.73. The van der Waals surface area contributed by atoms with E-state index in [0.717, 1.165) is 19.4 Å². The Morgan fingerprint density at radius 3 is 2.50 bits per heavy atom. The zero-order valence-corrected chi connectivity index (χ0v) is 12.1. The topological polar surface area (TPSA) is 32.3 Å². The van der Waals surface area contributed by atoms with Gasteiger partial charge in [0, 0.05) is 18.6 Å². The van der Waals surface area contributed by atoms with Gasteiger partial charge in [0.15, 0.2) is 0 Å². The molecule has 1 amide bonds. The zero-order chi connectivity index (χ0) is 13.1. The molecule has 1 aliphatic heterocycles. The molecule has 0 aromatic rings. The van der Waals surface area contributed by atoms with E-state index < -0.39 is 0 Å². The molecule has 2 atom stereocenters. The maximum Gasteiger partial charge on any atom is 0.239 e. The van der Waals surface area contributed by atoms with Crippen LogP contribution in [-0.2, 0) is 4.79 Å². The fraction of sp³-hybridized carbons (Fsp3) is 0.933. The van der Waals surface area contributed by atoms with Crippen molar-refractivity contribution in [2.45, 2.75) is 77.4 Å². The van der Waals surface area contributed by atoms with Crippen molar-refractivity contribution in [3.05, 3.63) is 0 Å². The first-order valence-corrected chi connectivity index (χ1v) is 7.73. The van der Waals surface area contributed by atoms with Gasteiger partial charge in [-0.2, -0.15) is 0 Å². The van der Waals surface area contributed by atoms with Crippen LogP contribution in [0.15, 0.2) is 0 Å². The molecule has 0 spiro atoms. The molecule has 0 aromatic carbocycles. The highest BCUT2D eigenvalue weighted by Gasteiger charge is 2.36. The Morgan fingerprint density at radius 1 is 1.28 bits per heavy atom. The van der Waals surface area contributed by atoms with E-state index in [4.69, 9.17) is 0 Å². The van der Waals surface area contributed by atoms with Crippen LogP contribution in [0.5, 0.6) is 0 Å². The van der Waals surface area contributed by atoms with Gasteiger partial charge in [-0.1, -0.05) is 26.7 Å². The summed E-state index contributed by atoms with van der Waals surface area (Å²) in [5, 5.41) is 3.51. The van der Waals surface area contributed by atoms with Crippen molar-refractivity contribution in [3.63, 3.8) is 0 Å². The van der Waals surface area contributed by atoms with Crippen LogP contribution >= 0.6 is 0 Å². The Hall–Kier alpha value is -0.570. The molecule has 0 bridgehead atoms. The molecule has 1 aliphatic carbocycles. The van der Waals surface area contributed by atoms with Gasteiger partial charge in [-0.25, -0.2) is 0 Å². The van der Waals surface area contributed by atoms with E-state index in [1.54, 1.807) is 0 Å². The molecular weight excluding hydrogens is 224 g/mol. The molecule has 3 nitrogen and oxygen atoms in total. The summed E-state index contributed by atoms with van der Waals surface area (Å²) in [6, 6.07) is 1.13. The van der Waals surface area contributed by atoms with Crippen LogP contribution in [0.25, 0.3) is 0 Å². The van der Waals surface area contributed by atoms with Gasteiger partial charge < -0.3 is 10.2 Å². The Balaban J connectivity index is 1.95. The monoisotopic (exact) mass is 252 g/mol. The molecule has 0 radical (unpaired) electrons. The minimum absolute atomic E-state index is 0.100. The number of hydrogen-bond donors (Lipinski definition) is 1. The third-order valence-electron chi connectivity index (χ3n) is 4.71. The highest BCUT2D eigenvalue weighted by Crippen LogP contribution is 2.26. The van der Waals surface area contributed by atoms with Gasteiger partial charge in [-0.15, -0.1) is 0 Å². The second kappa shape index (κ2) is 6.05. The number of rotatable bonds is 6. The fourth-order valence-corrected chi connectivity index (χ4v) is 3.22. The maximum atomic E-state index is 12.5. The lowest BCUT2D eigenvalue weighted by atomic mass is 9.91. The summed E-state index contributed by atoms with van der Waals surface area (Å²) >= 11 is 0. The van der Waals surface area contributed by atoms with Crippen LogP contribution in [-0.4, -0.2) is 35.5 Å². The van der Waals surface area contributed by atoms with Gasteiger partial charge >= 0.3 is 0 Å². The van der Waals surface area contributed by atoms with Crippen molar-refractivity contribution < 1.29 is 4.79 Å². The second-order valence-corrected chi connectivity index (χ2v) is 5.98. The van der Waals surface area contributed by atoms with Gasteiger partial charge in [0.2, 0.25) is 5.91 Å². The Kier molecular flexibility index (Phi) is 4.66. The zero-order valence-electron chi connectivity index (χ0n) is 12.1. The largest absolute Gasteiger partial charge is 0.338 e. The summed E-state index contributed by atoms with van der Waals surface area (Å²) < 4.78 is 0. The maximum absolute atomic E-state index is 12.5. The Bertz CT molecular complexity index is 284. The summed E-state index contributed by atoms with van der Waals surface area (Å²) in [6.45, 7) is 7.66. The van der Waals surface area contributed by atoms with Gasteiger partial charge in [0.25, 0.3) is 0 Å². The standard InChI is InChI=1S/C15H28N2O/c1-4-12(5-2)11(3)17-10-6-7-14(15(17)18)16-13-8-9-13/h11-14,16H,4-10H2,1-3H3. The van der Waals surface area contributed by atoms with E-state index in [2.05, 4.69) is 31.0 Å². The van der Waals surface area contributed by atoms with E-state index in [1.807, 2.05) is 0 Å². The van der Waals surface area contributed by atoms with Crippen molar-refractivity contribution in [2.24, 2.45) is 5.92 Å². The number of piperidine rings is 1. The minimum atomic E-state index is 0.100. The first kappa shape index (κ1) is 13.9. The SMILES string of the molecule is CCC(CC)C(C)N1CCCC(NC2CC2)C1=O. The summed E-state index contributed by atoms with van der Waals surface area (Å²) in [5.74, 6) is 1.00. The molecule has 3 heteroatoms. The van der Waals surface area contributed by atoms with Gasteiger partial charge in [0.1, 0.15) is 0 Å². The van der Waals surface area contributed by atoms with Crippen molar-refractivity contribution in [1.29, 1.82) is 0 Å². The lowest BCUT2D eigenvalue weighted by Crippen LogP contribution is -2.55. The predicted molar refractivity (Wildman–Crippen MR) is 74.4 cm³/mol. The van der Waals surface area contributed by atoms with Crippen molar-refractivity contribution >= 4 is 5.91 Å². The second-order valence-electron chi connectivity index (χ2n) is 5.98. The molecule has 0 aromatic heterocycles. The predicted octanol–water partition coefficient (Wildman–Crippen LogP) is 2.55. The Labute approximate surface area is 111 Å². The average molecular weight is 252 g/mol. The summed E-state index contributed by atoms with van der Waals surface area (Å²) in [6.07, 6.45) is 7.03. The average Bonchev–Trinajstić information content (AvgIpc) is 3.17. The molecule has 104 valence electrons. The van der Waals surface area contributed by atoms with Crippen molar-refractivity contribution in [3.8, 4) is 0 Å². The van der Waals surface area contributed by atoms with Gasteiger partial charge in [-0.3, -0.25) is 4.79 Å². The minimum Gasteiger partial charge on any atom is -0.338 e. The molecule has 2 rings (SSSR count). The van der Waals surface area contributed by atoms with E-state index in [1.165, 1.54) is 25.7 Å². The van der Waals surface area contributed by atoms with Crippen molar-refractivity contribution in [2.75, 3.05) is 6.54 Å². The number of likely N-dealkylation sites (tertiary alicyclic amines) is 1. The number of nitrogens with one attached hydrogen (secondary N) is 1. The quantitative estimate of drug-likeness (QED) is 0.788. The lowest BCUT2D eigenvalue weighted by Gasteiger charge is -2.40. The van der Waals surface area contributed by atoms with E-state index in [-0.39, 0.29) is 6.04 Å². The molecule has 1 saturated heterocycles. The first-order chi connectivity index (χ1) is 8.67. The molecule has 2 aliphatic rings. The van der Waals surface area contributed by atoms with Crippen LogP contribution < -0.4 is 5.32 Å². The third kappa shape index (κ3) is 3.05. The summed E-state index contributed by atoms with van der Waals surface area (Å²) in [5.41, 5.74) is 0. The summed E-state index contributed by atoms with van der Waals surface area (Å²) in [7, 11) is 0. The van der Waals surface area contributed by atoms with Gasteiger partial charge in [0.05, 0.1) is 6.04 Å². The third-order valence-corrected chi connectivity index (χ3v) is 4.71. The molecule has 18 heavy (non-hydrogen) atoms. The Morgan fingerprint density at radius 2 is 1.94 bits per heavy atom. The number of carbonyl (C=O) groups excluding carboxylic acids is 1. The van der Waals surface area contributed by atoms with Crippen LogP contribution in [0, 0.1) is 5.92 Å². The van der Waals surface area contributed by atoms with E-state index >= 15 is 0 Å². The van der Waals surface area contributed by atoms with Crippen molar-refractivity contribution in [1.82, 2.24) is 10.2 Å². The van der Waals surface area contributed by atoms with Crippen LogP contribution in [0.1, 0.15) is 59.3 Å². The molecule has 1 N–H and O–H groups in total. The molecule has 1 saturated carbocycles. The van der Waals surface area contributed by atoms with Crippen LogP contribution in [0.4, 0.5) is 0 Å². The lowest BCUT2D eigenvalue weighted by molar-refractivity contribution is -0.139. The molecule has 2 unspecified atom stereocenters. The number of carbonyl (C=O) groups is 1. The van der Waals surface area contributed by atoms with Crippen LogP contribution in [0.2, 0.25) is 0 Å². The normalized spacial score (nSPS) is 26.8. The highest BCUT2D eigenvalue weighted by atomic mass is 16.2. The van der Waals surface area contributed by atoms with Gasteiger partial charge in [-0.05, 0) is 38.5 Å². The van der Waals surface area contributed by atoms with E-state index in [0.29, 0.717) is 23.9 Å². The highest BCUT2D eigenvalue weighted by molar-refractivity contribution is 5.83. The van der Waals surface area contributed by atoms with E-state index in [9.17, 15) is 4.79 Å². The smallest absolute Gasteiger partial charge is 0.239 e. The number of hydrogen-bond acceptors (Lipinski definition) is 2. The molecule has 2 fully saturated rings.